The molecule has 0 spiro atoms. The fourth-order valence-electron chi connectivity index (χ4n) is 4.67. The van der Waals surface area contributed by atoms with Crippen LogP contribution < -0.4 is 16.4 Å². The number of hydrogen-bond acceptors (Lipinski definition) is 5. The smallest absolute Gasteiger partial charge is 0.123 e. The average molecular weight is 457 g/mol. The Balaban J connectivity index is 1.38. The second kappa shape index (κ2) is 13.0. The van der Waals surface area contributed by atoms with Gasteiger partial charge in [0.05, 0.1) is 12.7 Å². The molecule has 1 aliphatic rings. The quantitative estimate of drug-likeness (QED) is 0.390. The van der Waals surface area contributed by atoms with Gasteiger partial charge in [0.25, 0.3) is 0 Å². The molecule has 1 fully saturated rings. The van der Waals surface area contributed by atoms with Crippen LogP contribution in [0.25, 0.3) is 0 Å². The highest BCUT2D eigenvalue weighted by atomic mass is 19.1. The number of ether oxygens (including phenoxy) is 1. The Morgan fingerprint density at radius 3 is 2.85 bits per heavy atom. The molecule has 0 aliphatic carbocycles. The van der Waals surface area contributed by atoms with Gasteiger partial charge in [-0.1, -0.05) is 32.8 Å². The molecule has 182 valence electrons. The average Bonchev–Trinajstić information content (AvgIpc) is 3.20. The molecule has 4 N–H and O–H groups in total. The monoisotopic (exact) mass is 456 g/mol. The van der Waals surface area contributed by atoms with Gasteiger partial charge in [-0.2, -0.15) is 0 Å². The molecule has 0 bridgehead atoms. The first kappa shape index (κ1) is 25.6. The van der Waals surface area contributed by atoms with Gasteiger partial charge in [0, 0.05) is 31.2 Å². The van der Waals surface area contributed by atoms with Crippen molar-refractivity contribution in [3.05, 3.63) is 58.5 Å². The highest BCUT2D eigenvalue weighted by Gasteiger charge is 2.28. The van der Waals surface area contributed by atoms with Gasteiger partial charge in [-0.3, -0.25) is 0 Å². The van der Waals surface area contributed by atoms with Crippen molar-refractivity contribution in [2.45, 2.75) is 64.9 Å². The van der Waals surface area contributed by atoms with Crippen molar-refractivity contribution in [3.8, 4) is 0 Å². The van der Waals surface area contributed by atoms with E-state index in [4.69, 9.17) is 10.5 Å². The molecule has 3 rings (SSSR count). The van der Waals surface area contributed by atoms with Crippen LogP contribution in [0.4, 0.5) is 10.2 Å². The third-order valence-electron chi connectivity index (χ3n) is 6.53. The molecule has 0 unspecified atom stereocenters. The number of nitrogens with two attached hydrogens (primary N) is 1. The normalized spacial score (nSPS) is 19.2. The van der Waals surface area contributed by atoms with E-state index in [2.05, 4.69) is 41.6 Å². The number of rotatable bonds is 13. The van der Waals surface area contributed by atoms with E-state index in [1.807, 2.05) is 13.0 Å². The molecule has 0 amide bonds. The Kier molecular flexibility index (Phi) is 10.1. The van der Waals surface area contributed by atoms with Crippen LogP contribution in [0.3, 0.4) is 0 Å². The predicted molar refractivity (Wildman–Crippen MR) is 134 cm³/mol. The zero-order valence-corrected chi connectivity index (χ0v) is 20.5. The maximum absolute atomic E-state index is 14.1. The number of halogens is 1. The maximum Gasteiger partial charge on any atom is 0.123 e. The molecule has 1 aliphatic heterocycles. The molecule has 0 radical (unpaired) electrons. The molecule has 5 nitrogen and oxygen atoms in total. The van der Waals surface area contributed by atoms with Crippen LogP contribution in [0, 0.1) is 18.7 Å². The third kappa shape index (κ3) is 8.36. The summed E-state index contributed by atoms with van der Waals surface area (Å²) in [6.07, 6.45) is 5.34. The van der Waals surface area contributed by atoms with Crippen LogP contribution >= 0.6 is 0 Å². The number of aryl methyl sites for hydroxylation is 1. The summed E-state index contributed by atoms with van der Waals surface area (Å²) < 4.78 is 20.3. The minimum absolute atomic E-state index is 0.126. The summed E-state index contributed by atoms with van der Waals surface area (Å²) in [5.41, 5.74) is 10.3. The van der Waals surface area contributed by atoms with Gasteiger partial charge in [-0.25, -0.2) is 9.37 Å². The van der Waals surface area contributed by atoms with Gasteiger partial charge in [-0.15, -0.1) is 0 Å². The maximum atomic E-state index is 14.1. The van der Waals surface area contributed by atoms with Gasteiger partial charge in [0.2, 0.25) is 0 Å². The SMILES string of the molecule is CCCC[C@@H](C)c1cc(F)cc(CCNCCO[C@@H]2CNC[C@@H]2Cc2cc(C)cc(N)n2)c1. The van der Waals surface area contributed by atoms with E-state index in [-0.39, 0.29) is 11.9 Å². The second-order valence-electron chi connectivity index (χ2n) is 9.53. The molecular formula is C27H41FN4O. The van der Waals surface area contributed by atoms with E-state index in [9.17, 15) is 4.39 Å². The molecule has 1 saturated heterocycles. The molecule has 1 aromatic heterocycles. The number of nitrogen functional groups attached to an aromatic ring is 1. The summed E-state index contributed by atoms with van der Waals surface area (Å²) in [4.78, 5) is 4.47. The van der Waals surface area contributed by atoms with E-state index in [1.165, 1.54) is 12.8 Å². The number of unbranched alkanes of at least 4 members (excludes halogenated alkanes) is 1. The van der Waals surface area contributed by atoms with Crippen LogP contribution in [0.2, 0.25) is 0 Å². The Morgan fingerprint density at radius 1 is 1.21 bits per heavy atom. The first-order valence-electron chi connectivity index (χ1n) is 12.5. The number of anilines is 1. The van der Waals surface area contributed by atoms with Crippen LogP contribution in [-0.4, -0.2) is 43.9 Å². The van der Waals surface area contributed by atoms with Crippen molar-refractivity contribution in [1.29, 1.82) is 0 Å². The molecule has 6 heteroatoms. The Hall–Kier alpha value is -2.02. The number of hydrogen-bond donors (Lipinski definition) is 3. The lowest BCUT2D eigenvalue weighted by Gasteiger charge is -2.19. The van der Waals surface area contributed by atoms with E-state index in [1.54, 1.807) is 12.1 Å². The van der Waals surface area contributed by atoms with Crippen molar-refractivity contribution < 1.29 is 9.13 Å². The fourth-order valence-corrected chi connectivity index (χ4v) is 4.67. The summed E-state index contributed by atoms with van der Waals surface area (Å²) >= 11 is 0. The second-order valence-corrected chi connectivity index (χ2v) is 9.53. The molecule has 2 aromatic rings. The van der Waals surface area contributed by atoms with E-state index in [0.29, 0.717) is 24.3 Å². The Labute approximate surface area is 198 Å². The molecule has 1 aromatic carbocycles. The first-order valence-corrected chi connectivity index (χ1v) is 12.5. The number of nitrogens with zero attached hydrogens (tertiary/aromatic N) is 1. The number of benzene rings is 1. The van der Waals surface area contributed by atoms with Crippen LogP contribution in [0.15, 0.2) is 30.3 Å². The molecule has 33 heavy (non-hydrogen) atoms. The van der Waals surface area contributed by atoms with Crippen LogP contribution in [0.1, 0.15) is 61.4 Å². The minimum Gasteiger partial charge on any atom is -0.384 e. The van der Waals surface area contributed by atoms with Gasteiger partial charge in [0.1, 0.15) is 11.6 Å². The minimum atomic E-state index is -0.126. The fraction of sp³-hybridized carbons (Fsp3) is 0.593. The first-order chi connectivity index (χ1) is 15.9. The van der Waals surface area contributed by atoms with Crippen molar-refractivity contribution in [3.63, 3.8) is 0 Å². The largest absolute Gasteiger partial charge is 0.384 e. The van der Waals surface area contributed by atoms with Gasteiger partial charge >= 0.3 is 0 Å². The molecule has 2 heterocycles. The molecular weight excluding hydrogens is 415 g/mol. The summed E-state index contributed by atoms with van der Waals surface area (Å²) in [5, 5.41) is 6.88. The van der Waals surface area contributed by atoms with E-state index >= 15 is 0 Å². The van der Waals surface area contributed by atoms with Crippen molar-refractivity contribution in [2.24, 2.45) is 5.92 Å². The summed E-state index contributed by atoms with van der Waals surface area (Å²) in [6.45, 7) is 10.5. The topological polar surface area (TPSA) is 72.2 Å². The number of pyridine rings is 1. The molecule has 3 atom stereocenters. The lowest BCUT2D eigenvalue weighted by molar-refractivity contribution is 0.0397. The Bertz CT molecular complexity index is 855. The molecule has 0 saturated carbocycles. The van der Waals surface area contributed by atoms with Crippen LogP contribution in [0.5, 0.6) is 0 Å². The summed E-state index contributed by atoms with van der Waals surface area (Å²) in [6, 6.07) is 9.53. The zero-order chi connectivity index (χ0) is 23.6. The summed E-state index contributed by atoms with van der Waals surface area (Å²) in [5.74, 6) is 1.26. The Morgan fingerprint density at radius 2 is 2.06 bits per heavy atom. The predicted octanol–water partition coefficient (Wildman–Crippen LogP) is 4.38. The van der Waals surface area contributed by atoms with Gasteiger partial charge in [0.15, 0.2) is 0 Å². The lowest BCUT2D eigenvalue weighted by atomic mass is 9.93. The van der Waals surface area contributed by atoms with Crippen molar-refractivity contribution >= 4 is 5.82 Å². The van der Waals surface area contributed by atoms with E-state index in [0.717, 1.165) is 67.8 Å². The number of aromatic nitrogens is 1. The highest BCUT2D eigenvalue weighted by molar-refractivity contribution is 5.34. The van der Waals surface area contributed by atoms with Gasteiger partial charge in [-0.05, 0) is 79.6 Å². The summed E-state index contributed by atoms with van der Waals surface area (Å²) in [7, 11) is 0. The third-order valence-corrected chi connectivity index (χ3v) is 6.53. The standard InChI is InChI=1S/C27H41FN4O/c1-4-5-6-20(3)22-13-21(14-24(28)15-22)7-8-30-9-10-33-26-18-31-17-23(26)16-25-11-19(2)12-27(29)32-25/h11-15,20,23,26,30-31H,4-10,16-18H2,1-3H3,(H2,29,32)/t20-,23+,26-/m1/s1. The highest BCUT2D eigenvalue weighted by Crippen LogP contribution is 2.24. The van der Waals surface area contributed by atoms with Crippen molar-refractivity contribution in [1.82, 2.24) is 15.6 Å². The van der Waals surface area contributed by atoms with E-state index < -0.39 is 0 Å². The zero-order valence-electron chi connectivity index (χ0n) is 20.5. The number of nitrogens with one attached hydrogen (secondary N) is 2. The van der Waals surface area contributed by atoms with Crippen molar-refractivity contribution in [2.75, 3.05) is 38.5 Å². The lowest BCUT2D eigenvalue weighted by Crippen LogP contribution is -2.29. The van der Waals surface area contributed by atoms with Gasteiger partial charge < -0.3 is 21.1 Å². The van der Waals surface area contributed by atoms with Crippen LogP contribution in [-0.2, 0) is 17.6 Å².